The molecule has 1 heterocycles. The minimum Gasteiger partial charge on any atom is -0.496 e. The lowest BCUT2D eigenvalue weighted by Gasteiger charge is -2.13. The molecular weight excluding hydrogens is 250 g/mol. The first kappa shape index (κ1) is 14.5. The molecule has 2 aromatic rings. The van der Waals surface area contributed by atoms with E-state index in [1.165, 1.54) is 5.56 Å². The molecule has 0 spiro atoms. The Labute approximate surface area is 120 Å². The number of aliphatic hydroxyl groups is 1. The quantitative estimate of drug-likeness (QED) is 0.878. The molecule has 0 saturated heterocycles. The van der Waals surface area contributed by atoms with E-state index in [9.17, 15) is 5.11 Å². The molecule has 1 unspecified atom stereocenters. The van der Waals surface area contributed by atoms with Gasteiger partial charge in [0, 0.05) is 24.7 Å². The second-order valence-corrected chi connectivity index (χ2v) is 4.89. The molecule has 0 amide bonds. The fourth-order valence-corrected chi connectivity index (χ4v) is 2.22. The summed E-state index contributed by atoms with van der Waals surface area (Å²) in [6, 6.07) is 11.8. The van der Waals surface area contributed by atoms with E-state index in [2.05, 4.69) is 18.0 Å². The highest BCUT2D eigenvalue weighted by Crippen LogP contribution is 2.19. The number of ether oxygens (including phenoxy) is 1. The SMILES string of the molecule is CCc1ccc(CC(O)Cc2ccccc2OC)nc1. The Morgan fingerprint density at radius 3 is 2.60 bits per heavy atom. The molecule has 3 nitrogen and oxygen atoms in total. The predicted molar refractivity (Wildman–Crippen MR) is 80.0 cm³/mol. The largest absolute Gasteiger partial charge is 0.496 e. The standard InChI is InChI=1S/C17H21NO2/c1-3-13-8-9-15(18-12-13)11-16(19)10-14-6-4-5-7-17(14)20-2/h4-9,12,16,19H,3,10-11H2,1-2H3. The molecule has 0 fully saturated rings. The van der Waals surface area contributed by atoms with Gasteiger partial charge in [0.1, 0.15) is 5.75 Å². The summed E-state index contributed by atoms with van der Waals surface area (Å²) in [7, 11) is 1.65. The second-order valence-electron chi connectivity index (χ2n) is 4.89. The van der Waals surface area contributed by atoms with E-state index in [4.69, 9.17) is 4.74 Å². The van der Waals surface area contributed by atoms with Crippen molar-refractivity contribution in [3.8, 4) is 5.75 Å². The number of pyridine rings is 1. The van der Waals surface area contributed by atoms with Gasteiger partial charge in [-0.2, -0.15) is 0 Å². The molecule has 0 saturated carbocycles. The van der Waals surface area contributed by atoms with Crippen LogP contribution >= 0.6 is 0 Å². The molecule has 1 aromatic carbocycles. The summed E-state index contributed by atoms with van der Waals surface area (Å²) in [5.74, 6) is 0.820. The fraction of sp³-hybridized carbons (Fsp3) is 0.353. The van der Waals surface area contributed by atoms with Crippen LogP contribution in [0.15, 0.2) is 42.6 Å². The lowest BCUT2D eigenvalue weighted by atomic mass is 10.0. The highest BCUT2D eigenvalue weighted by atomic mass is 16.5. The molecular formula is C17H21NO2. The highest BCUT2D eigenvalue weighted by Gasteiger charge is 2.11. The van der Waals surface area contributed by atoms with Gasteiger partial charge in [0.15, 0.2) is 0 Å². The summed E-state index contributed by atoms with van der Waals surface area (Å²) in [5, 5.41) is 10.2. The molecule has 0 aliphatic rings. The monoisotopic (exact) mass is 271 g/mol. The predicted octanol–water partition coefficient (Wildman–Crippen LogP) is 2.80. The number of aliphatic hydroxyl groups excluding tert-OH is 1. The molecule has 2 rings (SSSR count). The Morgan fingerprint density at radius 2 is 1.95 bits per heavy atom. The van der Waals surface area contributed by atoms with Crippen LogP contribution in [0.2, 0.25) is 0 Å². The minimum atomic E-state index is -0.453. The number of hydrogen-bond donors (Lipinski definition) is 1. The Bertz CT molecular complexity index is 537. The summed E-state index contributed by atoms with van der Waals surface area (Å²) in [6.07, 6.45) is 3.54. The Morgan fingerprint density at radius 1 is 1.15 bits per heavy atom. The number of rotatable bonds is 6. The zero-order chi connectivity index (χ0) is 14.4. The van der Waals surface area contributed by atoms with Crippen molar-refractivity contribution >= 4 is 0 Å². The number of aromatic nitrogens is 1. The van der Waals surface area contributed by atoms with Gasteiger partial charge in [-0.05, 0) is 29.7 Å². The van der Waals surface area contributed by atoms with Gasteiger partial charge >= 0.3 is 0 Å². The normalized spacial score (nSPS) is 12.2. The maximum atomic E-state index is 10.2. The van der Waals surface area contributed by atoms with Crippen molar-refractivity contribution in [3.05, 3.63) is 59.4 Å². The number of para-hydroxylation sites is 1. The zero-order valence-corrected chi connectivity index (χ0v) is 12.0. The van der Waals surface area contributed by atoms with Crippen molar-refractivity contribution in [1.29, 1.82) is 0 Å². The van der Waals surface area contributed by atoms with Crippen LogP contribution in [0.4, 0.5) is 0 Å². The van der Waals surface area contributed by atoms with Gasteiger partial charge in [-0.1, -0.05) is 31.2 Å². The minimum absolute atomic E-state index is 0.453. The van der Waals surface area contributed by atoms with Gasteiger partial charge in [-0.15, -0.1) is 0 Å². The van der Waals surface area contributed by atoms with Crippen molar-refractivity contribution < 1.29 is 9.84 Å². The van der Waals surface area contributed by atoms with Crippen LogP contribution < -0.4 is 4.74 Å². The summed E-state index contributed by atoms with van der Waals surface area (Å²) in [6.45, 7) is 2.10. The van der Waals surface area contributed by atoms with Crippen molar-refractivity contribution in [2.24, 2.45) is 0 Å². The number of benzene rings is 1. The van der Waals surface area contributed by atoms with Crippen LogP contribution in [0, 0.1) is 0 Å². The Hall–Kier alpha value is -1.87. The van der Waals surface area contributed by atoms with Crippen LogP contribution in [0.25, 0.3) is 0 Å². The maximum absolute atomic E-state index is 10.2. The number of aryl methyl sites for hydroxylation is 1. The van der Waals surface area contributed by atoms with Crippen molar-refractivity contribution in [2.75, 3.05) is 7.11 Å². The van der Waals surface area contributed by atoms with E-state index >= 15 is 0 Å². The first-order chi connectivity index (χ1) is 9.72. The molecule has 0 radical (unpaired) electrons. The van der Waals surface area contributed by atoms with Crippen molar-refractivity contribution in [1.82, 2.24) is 4.98 Å². The van der Waals surface area contributed by atoms with Crippen LogP contribution in [-0.4, -0.2) is 23.3 Å². The third-order valence-corrected chi connectivity index (χ3v) is 3.39. The molecule has 1 atom stereocenters. The zero-order valence-electron chi connectivity index (χ0n) is 12.0. The van der Waals surface area contributed by atoms with Crippen LogP contribution in [0.1, 0.15) is 23.7 Å². The Kier molecular flexibility index (Phi) is 5.13. The van der Waals surface area contributed by atoms with Gasteiger partial charge in [0.2, 0.25) is 0 Å². The number of methoxy groups -OCH3 is 1. The lowest BCUT2D eigenvalue weighted by Crippen LogP contribution is -2.15. The molecule has 0 aliphatic carbocycles. The van der Waals surface area contributed by atoms with E-state index in [-0.39, 0.29) is 0 Å². The molecule has 1 N–H and O–H groups in total. The van der Waals surface area contributed by atoms with E-state index < -0.39 is 6.10 Å². The average Bonchev–Trinajstić information content (AvgIpc) is 2.48. The van der Waals surface area contributed by atoms with E-state index in [1.54, 1.807) is 7.11 Å². The maximum Gasteiger partial charge on any atom is 0.122 e. The van der Waals surface area contributed by atoms with Crippen LogP contribution in [0.3, 0.4) is 0 Å². The summed E-state index contributed by atoms with van der Waals surface area (Å²) < 4.78 is 5.30. The summed E-state index contributed by atoms with van der Waals surface area (Å²) >= 11 is 0. The highest BCUT2D eigenvalue weighted by molar-refractivity contribution is 5.33. The van der Waals surface area contributed by atoms with E-state index in [0.717, 1.165) is 23.4 Å². The number of nitrogens with zero attached hydrogens (tertiary/aromatic N) is 1. The molecule has 3 heteroatoms. The van der Waals surface area contributed by atoms with Gasteiger partial charge in [0.25, 0.3) is 0 Å². The van der Waals surface area contributed by atoms with Crippen LogP contribution in [-0.2, 0) is 19.3 Å². The van der Waals surface area contributed by atoms with Gasteiger partial charge in [-0.3, -0.25) is 4.98 Å². The van der Waals surface area contributed by atoms with Crippen molar-refractivity contribution in [2.45, 2.75) is 32.3 Å². The molecule has 20 heavy (non-hydrogen) atoms. The molecule has 0 bridgehead atoms. The Balaban J connectivity index is 1.99. The fourth-order valence-electron chi connectivity index (χ4n) is 2.22. The second kappa shape index (κ2) is 7.06. The van der Waals surface area contributed by atoms with E-state index in [1.807, 2.05) is 36.5 Å². The third-order valence-electron chi connectivity index (χ3n) is 3.39. The molecule has 1 aromatic heterocycles. The first-order valence-corrected chi connectivity index (χ1v) is 6.96. The summed E-state index contributed by atoms with van der Waals surface area (Å²) in [4.78, 5) is 4.38. The third kappa shape index (κ3) is 3.81. The van der Waals surface area contributed by atoms with Crippen molar-refractivity contribution in [3.63, 3.8) is 0 Å². The first-order valence-electron chi connectivity index (χ1n) is 6.96. The summed E-state index contributed by atoms with van der Waals surface area (Å²) in [5.41, 5.74) is 3.16. The topological polar surface area (TPSA) is 42.4 Å². The van der Waals surface area contributed by atoms with E-state index in [0.29, 0.717) is 12.8 Å². The average molecular weight is 271 g/mol. The molecule has 106 valence electrons. The molecule has 0 aliphatic heterocycles. The van der Waals surface area contributed by atoms with Crippen LogP contribution in [0.5, 0.6) is 5.75 Å². The van der Waals surface area contributed by atoms with Gasteiger partial charge in [-0.25, -0.2) is 0 Å². The number of hydrogen-bond acceptors (Lipinski definition) is 3. The van der Waals surface area contributed by atoms with Gasteiger partial charge in [0.05, 0.1) is 13.2 Å². The lowest BCUT2D eigenvalue weighted by molar-refractivity contribution is 0.173. The van der Waals surface area contributed by atoms with Gasteiger partial charge < -0.3 is 9.84 Å². The smallest absolute Gasteiger partial charge is 0.122 e.